The average molecular weight is 305 g/mol. The minimum Gasteiger partial charge on any atom is -0.495 e. The predicted octanol–water partition coefficient (Wildman–Crippen LogP) is 2.48. The van der Waals surface area contributed by atoms with Gasteiger partial charge in [-0.25, -0.2) is 5.43 Å². The number of nitrogens with one attached hydrogen (secondary N) is 2. The first-order valence-corrected chi connectivity index (χ1v) is 7.11. The van der Waals surface area contributed by atoms with Crippen molar-refractivity contribution < 1.29 is 14.3 Å². The molecule has 6 nitrogen and oxygen atoms in total. The zero-order valence-corrected chi connectivity index (χ0v) is 13.7. The Morgan fingerprint density at radius 3 is 2.59 bits per heavy atom. The quantitative estimate of drug-likeness (QED) is 0.626. The summed E-state index contributed by atoms with van der Waals surface area (Å²) in [5.41, 5.74) is 4.59. The van der Waals surface area contributed by atoms with Gasteiger partial charge in [0.2, 0.25) is 11.8 Å². The lowest BCUT2D eigenvalue weighted by Gasteiger charge is -2.11. The van der Waals surface area contributed by atoms with Crippen molar-refractivity contribution in [3.63, 3.8) is 0 Å². The lowest BCUT2D eigenvalue weighted by molar-refractivity contribution is -0.124. The number of hydrogen-bond acceptors (Lipinski definition) is 4. The summed E-state index contributed by atoms with van der Waals surface area (Å²) in [5, 5.41) is 6.70. The highest BCUT2D eigenvalue weighted by atomic mass is 16.5. The van der Waals surface area contributed by atoms with Crippen molar-refractivity contribution in [3.05, 3.63) is 23.8 Å². The minimum atomic E-state index is -0.219. The summed E-state index contributed by atoms with van der Waals surface area (Å²) < 4.78 is 5.21. The molecule has 0 atom stereocenters. The third-order valence-corrected chi connectivity index (χ3v) is 2.93. The monoisotopic (exact) mass is 305 g/mol. The Hall–Kier alpha value is -2.37. The average Bonchev–Trinajstić information content (AvgIpc) is 2.44. The molecule has 0 saturated carbocycles. The van der Waals surface area contributed by atoms with E-state index in [1.165, 1.54) is 0 Å². The van der Waals surface area contributed by atoms with Gasteiger partial charge in [-0.05, 0) is 31.5 Å². The standard InChI is InChI=1S/C16H23N3O3/c1-10(2)16(21)19-18-12(4)9-15(20)17-13-8-11(3)6-7-14(13)22-5/h6-8,10H,9H2,1-5H3,(H,17,20)(H,19,21)/b18-12-. The third kappa shape index (κ3) is 5.55. The molecule has 0 radical (unpaired) electrons. The highest BCUT2D eigenvalue weighted by Gasteiger charge is 2.10. The molecule has 2 amide bonds. The Kier molecular flexibility index (Phi) is 6.56. The van der Waals surface area contributed by atoms with E-state index in [9.17, 15) is 9.59 Å². The van der Waals surface area contributed by atoms with Crippen molar-refractivity contribution in [2.24, 2.45) is 11.0 Å². The molecule has 0 bridgehead atoms. The fourth-order valence-electron chi connectivity index (χ4n) is 1.67. The van der Waals surface area contributed by atoms with E-state index in [1.54, 1.807) is 33.9 Å². The molecule has 22 heavy (non-hydrogen) atoms. The number of rotatable bonds is 6. The number of benzene rings is 1. The summed E-state index contributed by atoms with van der Waals surface area (Å²) in [6, 6.07) is 5.54. The molecule has 1 rings (SSSR count). The molecule has 0 unspecified atom stereocenters. The summed E-state index contributed by atoms with van der Waals surface area (Å²) in [7, 11) is 1.55. The highest BCUT2D eigenvalue weighted by Crippen LogP contribution is 2.25. The van der Waals surface area contributed by atoms with E-state index < -0.39 is 0 Å². The Balaban J connectivity index is 2.65. The highest BCUT2D eigenvalue weighted by molar-refractivity contribution is 6.06. The molecule has 1 aromatic carbocycles. The smallest absolute Gasteiger partial charge is 0.242 e. The van der Waals surface area contributed by atoms with Crippen LogP contribution in [-0.4, -0.2) is 24.6 Å². The number of hydrazone groups is 1. The number of aryl methyl sites for hydroxylation is 1. The van der Waals surface area contributed by atoms with Gasteiger partial charge >= 0.3 is 0 Å². The zero-order valence-electron chi connectivity index (χ0n) is 13.7. The largest absolute Gasteiger partial charge is 0.495 e. The second kappa shape index (κ2) is 8.17. The van der Waals surface area contributed by atoms with E-state index in [-0.39, 0.29) is 24.2 Å². The number of nitrogens with zero attached hydrogens (tertiary/aromatic N) is 1. The second-order valence-electron chi connectivity index (χ2n) is 5.41. The Morgan fingerprint density at radius 2 is 2.00 bits per heavy atom. The summed E-state index contributed by atoms with van der Waals surface area (Å²) in [6.07, 6.45) is 0.0927. The molecule has 0 heterocycles. The maximum absolute atomic E-state index is 12.0. The Morgan fingerprint density at radius 1 is 1.32 bits per heavy atom. The van der Waals surface area contributed by atoms with Crippen LogP contribution in [0, 0.1) is 12.8 Å². The van der Waals surface area contributed by atoms with Crippen molar-refractivity contribution >= 4 is 23.2 Å². The lowest BCUT2D eigenvalue weighted by atomic mass is 10.2. The van der Waals surface area contributed by atoms with E-state index >= 15 is 0 Å². The normalized spacial score (nSPS) is 11.3. The number of anilines is 1. The molecule has 0 aliphatic carbocycles. The summed E-state index contributed by atoms with van der Waals surface area (Å²) >= 11 is 0. The van der Waals surface area contributed by atoms with Crippen LogP contribution in [0.5, 0.6) is 5.75 Å². The summed E-state index contributed by atoms with van der Waals surface area (Å²) in [6.45, 7) is 7.17. The van der Waals surface area contributed by atoms with Crippen molar-refractivity contribution in [3.8, 4) is 5.75 Å². The van der Waals surface area contributed by atoms with Crippen LogP contribution in [0.1, 0.15) is 32.8 Å². The van der Waals surface area contributed by atoms with Crippen LogP contribution in [0.2, 0.25) is 0 Å². The van der Waals surface area contributed by atoms with E-state index in [1.807, 2.05) is 19.1 Å². The van der Waals surface area contributed by atoms with Gasteiger partial charge in [0.05, 0.1) is 19.2 Å². The Labute approximate surface area is 130 Å². The first kappa shape index (κ1) is 17.7. The molecule has 6 heteroatoms. The predicted molar refractivity (Wildman–Crippen MR) is 87.1 cm³/mol. The number of carbonyl (C=O) groups excluding carboxylic acids is 2. The van der Waals surface area contributed by atoms with Gasteiger partial charge in [-0.2, -0.15) is 5.10 Å². The second-order valence-corrected chi connectivity index (χ2v) is 5.41. The van der Waals surface area contributed by atoms with Crippen LogP contribution in [0.25, 0.3) is 0 Å². The first-order chi connectivity index (χ1) is 10.3. The lowest BCUT2D eigenvalue weighted by Crippen LogP contribution is -2.25. The van der Waals surface area contributed by atoms with Gasteiger partial charge in [0, 0.05) is 11.6 Å². The molecule has 1 aromatic rings. The molecule has 0 aliphatic rings. The molecule has 0 saturated heterocycles. The first-order valence-electron chi connectivity index (χ1n) is 7.11. The van der Waals surface area contributed by atoms with Gasteiger partial charge in [0.1, 0.15) is 5.75 Å². The van der Waals surface area contributed by atoms with Crippen LogP contribution < -0.4 is 15.5 Å². The Bertz CT molecular complexity index is 580. The van der Waals surface area contributed by atoms with Gasteiger partial charge in [-0.15, -0.1) is 0 Å². The van der Waals surface area contributed by atoms with Crippen LogP contribution >= 0.6 is 0 Å². The number of amides is 2. The van der Waals surface area contributed by atoms with E-state index in [2.05, 4.69) is 15.8 Å². The minimum absolute atomic E-state index is 0.0927. The summed E-state index contributed by atoms with van der Waals surface area (Å²) in [5.74, 6) is 0.0487. The van der Waals surface area contributed by atoms with E-state index in [0.717, 1.165) is 5.56 Å². The van der Waals surface area contributed by atoms with Gasteiger partial charge in [0.15, 0.2) is 0 Å². The van der Waals surface area contributed by atoms with Crippen molar-refractivity contribution in [2.45, 2.75) is 34.1 Å². The summed E-state index contributed by atoms with van der Waals surface area (Å²) in [4.78, 5) is 23.4. The maximum Gasteiger partial charge on any atom is 0.242 e. The number of ether oxygens (including phenoxy) is 1. The number of carbonyl (C=O) groups is 2. The molecule has 0 aliphatic heterocycles. The van der Waals surface area contributed by atoms with Crippen molar-refractivity contribution in [1.82, 2.24) is 5.43 Å². The maximum atomic E-state index is 12.0. The SMILES string of the molecule is COc1ccc(C)cc1NC(=O)C/C(C)=N\NC(=O)C(C)C. The number of hydrogen-bond donors (Lipinski definition) is 2. The van der Waals surface area contributed by atoms with E-state index in [4.69, 9.17) is 4.74 Å². The molecular weight excluding hydrogens is 282 g/mol. The molecule has 120 valence electrons. The molecule has 0 aromatic heterocycles. The van der Waals surface area contributed by atoms with Gasteiger partial charge in [0.25, 0.3) is 0 Å². The fraction of sp³-hybridized carbons (Fsp3) is 0.438. The molecular formula is C16H23N3O3. The van der Waals surface area contributed by atoms with Gasteiger partial charge in [-0.3, -0.25) is 9.59 Å². The van der Waals surface area contributed by atoms with E-state index in [0.29, 0.717) is 17.1 Å². The van der Waals surface area contributed by atoms with Crippen LogP contribution in [0.4, 0.5) is 5.69 Å². The van der Waals surface area contributed by atoms with Gasteiger partial charge in [-0.1, -0.05) is 19.9 Å². The number of methoxy groups -OCH3 is 1. The van der Waals surface area contributed by atoms with Crippen LogP contribution in [-0.2, 0) is 9.59 Å². The van der Waals surface area contributed by atoms with Crippen molar-refractivity contribution in [1.29, 1.82) is 0 Å². The fourth-order valence-corrected chi connectivity index (χ4v) is 1.67. The van der Waals surface area contributed by atoms with Crippen molar-refractivity contribution in [2.75, 3.05) is 12.4 Å². The zero-order chi connectivity index (χ0) is 16.7. The van der Waals surface area contributed by atoms with Crippen LogP contribution in [0.3, 0.4) is 0 Å². The van der Waals surface area contributed by atoms with Gasteiger partial charge < -0.3 is 10.1 Å². The molecule has 2 N–H and O–H groups in total. The van der Waals surface area contributed by atoms with Crippen LogP contribution in [0.15, 0.2) is 23.3 Å². The topological polar surface area (TPSA) is 79.8 Å². The third-order valence-electron chi connectivity index (χ3n) is 2.93. The molecule has 0 fully saturated rings. The molecule has 0 spiro atoms.